The Hall–Kier alpha value is -0.920. The van der Waals surface area contributed by atoms with Crippen molar-refractivity contribution in [3.05, 3.63) is 18.2 Å². The summed E-state index contributed by atoms with van der Waals surface area (Å²) in [4.78, 5) is 17.6. The molecule has 0 heterocycles. The number of hydrogen-bond acceptors (Lipinski definition) is 5. The van der Waals surface area contributed by atoms with Crippen molar-refractivity contribution in [2.45, 2.75) is 0 Å². The van der Waals surface area contributed by atoms with Gasteiger partial charge < -0.3 is 24.3 Å². The first-order chi connectivity index (χ1) is 6.80. The predicted octanol–water partition coefficient (Wildman–Crippen LogP) is -0.755. The van der Waals surface area contributed by atoms with Gasteiger partial charge in [0.15, 0.2) is 5.75 Å². The smallest absolute Gasteiger partial charge is 0.356 e. The molecule has 0 aromatic heterocycles. The summed E-state index contributed by atoms with van der Waals surface area (Å²) in [5, 5.41) is -0.302. The molecular formula is C6H7NO6PS-. The lowest BCUT2D eigenvalue weighted by atomic mass is 10.3. The Morgan fingerprint density at radius 1 is 1.47 bits per heavy atom. The molecule has 0 fully saturated rings. The summed E-state index contributed by atoms with van der Waals surface area (Å²) in [7, 11) is -4.39. The Morgan fingerprint density at radius 2 is 2.07 bits per heavy atom. The van der Waals surface area contributed by atoms with Crippen LogP contribution in [0.5, 0.6) is 5.75 Å². The molecule has 0 radical (unpaired) electrons. The van der Waals surface area contributed by atoms with Crippen LogP contribution < -0.4 is 15.2 Å². The van der Waals surface area contributed by atoms with E-state index in [4.69, 9.17) is 15.5 Å². The van der Waals surface area contributed by atoms with Gasteiger partial charge in [-0.3, -0.25) is 4.57 Å². The fourth-order valence-electron chi connectivity index (χ4n) is 0.866. The highest BCUT2D eigenvalue weighted by atomic mass is 32.2. The van der Waals surface area contributed by atoms with Crippen molar-refractivity contribution in [2.24, 2.45) is 0 Å². The van der Waals surface area contributed by atoms with Gasteiger partial charge in [0.25, 0.3) is 0 Å². The summed E-state index contributed by atoms with van der Waals surface area (Å²) in [5.74, 6) is -0.180. The van der Waals surface area contributed by atoms with Crippen LogP contribution in [0.15, 0.2) is 18.2 Å². The highest BCUT2D eigenvalue weighted by Crippen LogP contribution is 2.35. The topological polar surface area (TPSA) is 133 Å². The lowest BCUT2D eigenvalue weighted by molar-refractivity contribution is 0.387. The lowest BCUT2D eigenvalue weighted by Gasteiger charge is -2.11. The van der Waals surface area contributed by atoms with Crippen molar-refractivity contribution in [3.63, 3.8) is 0 Å². The quantitative estimate of drug-likeness (QED) is 0.366. The zero-order chi connectivity index (χ0) is 11.6. The van der Waals surface area contributed by atoms with E-state index in [1.54, 1.807) is 0 Å². The molecule has 0 saturated carbocycles. The minimum atomic E-state index is -4.39. The van der Waals surface area contributed by atoms with Crippen LogP contribution in [0.3, 0.4) is 0 Å². The molecule has 0 amide bonds. The van der Waals surface area contributed by atoms with Crippen LogP contribution in [0, 0.1) is 0 Å². The predicted molar refractivity (Wildman–Crippen MR) is 52.1 cm³/mol. The van der Waals surface area contributed by atoms with E-state index in [2.05, 4.69) is 4.18 Å². The van der Waals surface area contributed by atoms with Crippen molar-refractivity contribution in [2.75, 3.05) is 5.73 Å². The fourth-order valence-corrected chi connectivity index (χ4v) is 1.74. The maximum absolute atomic E-state index is 10.8. The monoisotopic (exact) mass is 252 g/mol. The number of nitrogen functional groups attached to an aromatic ring is 1. The largest absolute Gasteiger partial charge is 0.740 e. The Balaban J connectivity index is 3.09. The van der Waals surface area contributed by atoms with Crippen LogP contribution in [-0.4, -0.2) is 18.5 Å². The minimum Gasteiger partial charge on any atom is -0.740 e. The van der Waals surface area contributed by atoms with Gasteiger partial charge in [0.05, 0.1) is 11.0 Å². The summed E-state index contributed by atoms with van der Waals surface area (Å²) in [5.41, 5.74) is 5.16. The summed E-state index contributed by atoms with van der Waals surface area (Å²) in [6.07, 6.45) is 0. The molecule has 4 N–H and O–H groups in total. The standard InChI is InChI=1S/C6H8NO6PS/c7-5-3-4(14(8,9)10)1-2-6(5)13-15(11)12/h1-3H,7H2,(H,11,12)(H2,8,9,10)/p-1. The van der Waals surface area contributed by atoms with Gasteiger partial charge in [-0.25, -0.2) is 4.21 Å². The van der Waals surface area contributed by atoms with Crippen molar-refractivity contribution in [1.82, 2.24) is 0 Å². The molecule has 0 aliphatic carbocycles. The van der Waals surface area contributed by atoms with E-state index in [9.17, 15) is 13.3 Å². The fraction of sp³-hybridized carbons (Fsp3) is 0. The lowest BCUT2D eigenvalue weighted by Crippen LogP contribution is -2.07. The third-order valence-electron chi connectivity index (χ3n) is 1.49. The molecule has 1 aromatic rings. The van der Waals surface area contributed by atoms with Crippen molar-refractivity contribution in [1.29, 1.82) is 0 Å². The molecule has 1 aromatic carbocycles. The molecule has 0 spiro atoms. The Labute approximate surface area is 87.5 Å². The van der Waals surface area contributed by atoms with Crippen LogP contribution in [0.2, 0.25) is 0 Å². The van der Waals surface area contributed by atoms with E-state index < -0.39 is 19.0 Å². The van der Waals surface area contributed by atoms with Gasteiger partial charge in [0.1, 0.15) is 11.4 Å². The summed E-state index contributed by atoms with van der Waals surface area (Å²) in [6.45, 7) is 0. The Bertz CT molecular complexity index is 443. The van der Waals surface area contributed by atoms with Crippen LogP contribution in [0.25, 0.3) is 0 Å². The summed E-state index contributed by atoms with van der Waals surface area (Å²) < 4.78 is 35.4. The second-order valence-corrected chi connectivity index (χ2v) is 4.73. The summed E-state index contributed by atoms with van der Waals surface area (Å²) in [6, 6.07) is 3.07. The molecule has 84 valence electrons. The SMILES string of the molecule is Nc1cc(P(=O)(O)O)ccc1OS(=O)[O-]. The first-order valence-electron chi connectivity index (χ1n) is 3.54. The van der Waals surface area contributed by atoms with Crippen LogP contribution in [0.1, 0.15) is 0 Å². The van der Waals surface area contributed by atoms with E-state index >= 15 is 0 Å². The molecule has 9 heteroatoms. The van der Waals surface area contributed by atoms with E-state index in [1.807, 2.05) is 0 Å². The third kappa shape index (κ3) is 3.29. The van der Waals surface area contributed by atoms with Gasteiger partial charge in [0, 0.05) is 0 Å². The second-order valence-electron chi connectivity index (χ2n) is 2.55. The Kier molecular flexibility index (Phi) is 3.48. The van der Waals surface area contributed by atoms with Gasteiger partial charge in [-0.2, -0.15) is 0 Å². The molecule has 0 aliphatic rings. The zero-order valence-electron chi connectivity index (χ0n) is 7.19. The number of rotatable bonds is 3. The normalized spacial score (nSPS) is 13.5. The minimum absolute atomic E-state index is 0.167. The average Bonchev–Trinajstić information content (AvgIpc) is 2.05. The van der Waals surface area contributed by atoms with Crippen molar-refractivity contribution >= 4 is 29.9 Å². The molecule has 15 heavy (non-hydrogen) atoms. The van der Waals surface area contributed by atoms with Gasteiger partial charge in [-0.1, -0.05) is 0 Å². The van der Waals surface area contributed by atoms with Crippen LogP contribution in [0.4, 0.5) is 5.69 Å². The van der Waals surface area contributed by atoms with Crippen molar-refractivity contribution in [3.8, 4) is 5.75 Å². The number of anilines is 1. The highest BCUT2D eigenvalue weighted by Gasteiger charge is 2.18. The Morgan fingerprint density at radius 3 is 2.47 bits per heavy atom. The van der Waals surface area contributed by atoms with E-state index in [0.29, 0.717) is 0 Å². The molecule has 0 bridgehead atoms. The van der Waals surface area contributed by atoms with E-state index in [1.165, 1.54) is 0 Å². The highest BCUT2D eigenvalue weighted by molar-refractivity contribution is 7.74. The second kappa shape index (κ2) is 4.30. The molecule has 0 saturated heterocycles. The van der Waals surface area contributed by atoms with Crippen molar-refractivity contribution < 1.29 is 27.3 Å². The molecule has 0 aliphatic heterocycles. The molecule has 1 rings (SSSR count). The third-order valence-corrected chi connectivity index (χ3v) is 2.75. The average molecular weight is 252 g/mol. The molecule has 7 nitrogen and oxygen atoms in total. The first-order valence-corrected chi connectivity index (χ1v) is 6.15. The van der Waals surface area contributed by atoms with Gasteiger partial charge in [0.2, 0.25) is 0 Å². The van der Waals surface area contributed by atoms with E-state index in [0.717, 1.165) is 18.2 Å². The zero-order valence-corrected chi connectivity index (χ0v) is 8.90. The summed E-state index contributed by atoms with van der Waals surface area (Å²) >= 11 is -2.78. The van der Waals surface area contributed by atoms with Gasteiger partial charge in [-0.15, -0.1) is 0 Å². The van der Waals surface area contributed by atoms with Crippen LogP contribution in [-0.2, 0) is 15.9 Å². The molecule has 1 unspecified atom stereocenters. The number of hydrogen-bond donors (Lipinski definition) is 3. The first kappa shape index (κ1) is 12.2. The number of benzene rings is 1. The molecular weight excluding hydrogens is 245 g/mol. The maximum Gasteiger partial charge on any atom is 0.356 e. The number of nitrogens with two attached hydrogens (primary N) is 1. The van der Waals surface area contributed by atoms with E-state index in [-0.39, 0.29) is 16.7 Å². The van der Waals surface area contributed by atoms with Gasteiger partial charge >= 0.3 is 7.60 Å². The van der Waals surface area contributed by atoms with Gasteiger partial charge in [-0.05, 0) is 18.2 Å². The molecule has 1 atom stereocenters. The maximum atomic E-state index is 10.8. The van der Waals surface area contributed by atoms with Crippen LogP contribution >= 0.6 is 7.60 Å².